The molecule has 0 spiro atoms. The number of methoxy groups -OCH3 is 2. The summed E-state index contributed by atoms with van der Waals surface area (Å²) in [5.74, 6) is 0.297. The molecule has 1 aromatic heterocycles. The highest BCUT2D eigenvalue weighted by Gasteiger charge is 2.21. The van der Waals surface area contributed by atoms with Crippen LogP contribution in [0.5, 0.6) is 0 Å². The van der Waals surface area contributed by atoms with Crippen LogP contribution in [0.1, 0.15) is 23.1 Å². The van der Waals surface area contributed by atoms with Crippen LogP contribution in [0, 0.1) is 0 Å². The molecule has 6 heteroatoms. The molecule has 0 radical (unpaired) electrons. The summed E-state index contributed by atoms with van der Waals surface area (Å²) >= 11 is 0. The van der Waals surface area contributed by atoms with E-state index in [-0.39, 0.29) is 5.97 Å². The number of carbonyl (C=O) groups is 1. The highest BCUT2D eigenvalue weighted by Crippen LogP contribution is 2.15. The molecule has 21 heavy (non-hydrogen) atoms. The van der Waals surface area contributed by atoms with E-state index in [0.29, 0.717) is 24.6 Å². The van der Waals surface area contributed by atoms with Crippen molar-refractivity contribution in [3.63, 3.8) is 0 Å². The Morgan fingerprint density at radius 2 is 2.10 bits per heavy atom. The smallest absolute Gasteiger partial charge is 0.327 e. The first kappa shape index (κ1) is 15.2. The third-order valence-corrected chi connectivity index (χ3v) is 2.95. The number of hydrogen-bond donors (Lipinski definition) is 1. The molecular weight excluding hydrogens is 272 g/mol. The van der Waals surface area contributed by atoms with Crippen molar-refractivity contribution >= 4 is 5.97 Å². The molecule has 1 heterocycles. The Morgan fingerprint density at radius 1 is 1.33 bits per heavy atom. The van der Waals surface area contributed by atoms with Crippen molar-refractivity contribution in [1.29, 1.82) is 0 Å². The summed E-state index contributed by atoms with van der Waals surface area (Å²) in [6, 6.07) is 10.6. The second-order valence-electron chi connectivity index (χ2n) is 4.47. The first-order chi connectivity index (χ1) is 10.2. The summed E-state index contributed by atoms with van der Waals surface area (Å²) in [6.45, 7) is 0.758. The third-order valence-electron chi connectivity index (χ3n) is 2.95. The summed E-state index contributed by atoms with van der Waals surface area (Å²) in [7, 11) is 2.95. The van der Waals surface area contributed by atoms with Gasteiger partial charge in [0.2, 0.25) is 0 Å². The molecule has 0 bridgehead atoms. The molecule has 1 atom stereocenters. The summed E-state index contributed by atoms with van der Waals surface area (Å²) in [5, 5.41) is 7.04. The van der Waals surface area contributed by atoms with Gasteiger partial charge in [0.05, 0.1) is 12.8 Å². The Labute approximate surface area is 123 Å². The Kier molecular flexibility index (Phi) is 5.48. The second kappa shape index (κ2) is 7.56. The van der Waals surface area contributed by atoms with E-state index in [1.54, 1.807) is 13.2 Å². The fraction of sp³-hybridized carbons (Fsp3) is 0.333. The zero-order chi connectivity index (χ0) is 15.1. The minimum absolute atomic E-state index is 0.346. The standard InChI is InChI=1S/C15H18N2O4/c1-19-10-13-8-12(17-21-13)9-16-14(15(18)20-2)11-6-4-3-5-7-11/h3-8,14,16H,9-10H2,1-2H3. The maximum absolute atomic E-state index is 11.9. The molecule has 112 valence electrons. The summed E-state index contributed by atoms with van der Waals surface area (Å²) < 4.78 is 14.9. The molecular formula is C15H18N2O4. The molecule has 1 aromatic carbocycles. The second-order valence-corrected chi connectivity index (χ2v) is 4.47. The highest BCUT2D eigenvalue weighted by atomic mass is 16.5. The van der Waals surface area contributed by atoms with E-state index < -0.39 is 6.04 Å². The van der Waals surface area contributed by atoms with Crippen LogP contribution in [-0.2, 0) is 27.4 Å². The Balaban J connectivity index is 2.03. The number of ether oxygens (including phenoxy) is 2. The van der Waals surface area contributed by atoms with Crippen molar-refractivity contribution in [3.8, 4) is 0 Å². The van der Waals surface area contributed by atoms with Crippen molar-refractivity contribution in [1.82, 2.24) is 10.5 Å². The zero-order valence-electron chi connectivity index (χ0n) is 12.0. The van der Waals surface area contributed by atoms with Crippen molar-refractivity contribution in [3.05, 3.63) is 53.4 Å². The van der Waals surface area contributed by atoms with Crippen LogP contribution in [0.3, 0.4) is 0 Å². The molecule has 0 fully saturated rings. The minimum atomic E-state index is -0.543. The molecule has 0 aliphatic rings. The van der Waals surface area contributed by atoms with Crippen LogP contribution >= 0.6 is 0 Å². The number of rotatable bonds is 7. The molecule has 0 saturated carbocycles. The van der Waals surface area contributed by atoms with Crippen molar-refractivity contribution in [2.75, 3.05) is 14.2 Å². The molecule has 2 aromatic rings. The Morgan fingerprint density at radius 3 is 2.76 bits per heavy atom. The number of carbonyl (C=O) groups excluding carboxylic acids is 1. The van der Waals surface area contributed by atoms with Gasteiger partial charge in [0.15, 0.2) is 5.76 Å². The van der Waals surface area contributed by atoms with Gasteiger partial charge in [0, 0.05) is 19.7 Å². The lowest BCUT2D eigenvalue weighted by Gasteiger charge is -2.15. The molecule has 6 nitrogen and oxygen atoms in total. The van der Waals surface area contributed by atoms with Crippen molar-refractivity contribution in [2.24, 2.45) is 0 Å². The van der Waals surface area contributed by atoms with Gasteiger partial charge >= 0.3 is 5.97 Å². The largest absolute Gasteiger partial charge is 0.468 e. The van der Waals surface area contributed by atoms with Gasteiger partial charge in [-0.2, -0.15) is 0 Å². The molecule has 0 aliphatic heterocycles. The zero-order valence-corrected chi connectivity index (χ0v) is 12.0. The normalized spacial score (nSPS) is 12.1. The third kappa shape index (κ3) is 4.14. The minimum Gasteiger partial charge on any atom is -0.468 e. The van der Waals surface area contributed by atoms with Gasteiger partial charge in [-0.25, -0.2) is 4.79 Å². The van der Waals surface area contributed by atoms with Gasteiger partial charge in [-0.1, -0.05) is 35.5 Å². The predicted molar refractivity (Wildman–Crippen MR) is 75.3 cm³/mol. The summed E-state index contributed by atoms with van der Waals surface area (Å²) in [5.41, 5.74) is 1.54. The fourth-order valence-corrected chi connectivity index (χ4v) is 1.96. The molecule has 0 aliphatic carbocycles. The van der Waals surface area contributed by atoms with Gasteiger partial charge in [-0.3, -0.25) is 5.32 Å². The molecule has 0 saturated heterocycles. The molecule has 0 amide bonds. The Hall–Kier alpha value is -2.18. The lowest BCUT2D eigenvalue weighted by atomic mass is 10.1. The van der Waals surface area contributed by atoms with Crippen LogP contribution < -0.4 is 5.32 Å². The quantitative estimate of drug-likeness (QED) is 0.784. The molecule has 1 N–H and O–H groups in total. The Bertz CT molecular complexity index is 568. The van der Waals surface area contributed by atoms with E-state index in [1.165, 1.54) is 7.11 Å². The van der Waals surface area contributed by atoms with Crippen molar-refractivity contribution in [2.45, 2.75) is 19.2 Å². The maximum Gasteiger partial charge on any atom is 0.327 e. The average molecular weight is 290 g/mol. The summed E-state index contributed by atoms with van der Waals surface area (Å²) in [6.07, 6.45) is 0. The topological polar surface area (TPSA) is 73.6 Å². The number of hydrogen-bond acceptors (Lipinski definition) is 6. The van der Waals surface area contributed by atoms with E-state index in [0.717, 1.165) is 5.56 Å². The van der Waals surface area contributed by atoms with Crippen LogP contribution in [0.2, 0.25) is 0 Å². The van der Waals surface area contributed by atoms with Gasteiger partial charge in [0.25, 0.3) is 0 Å². The van der Waals surface area contributed by atoms with Gasteiger partial charge < -0.3 is 14.0 Å². The number of nitrogens with zero attached hydrogens (tertiary/aromatic N) is 1. The number of esters is 1. The molecule has 2 rings (SSSR count). The highest BCUT2D eigenvalue weighted by molar-refractivity contribution is 5.77. The molecule has 1 unspecified atom stereocenters. The number of benzene rings is 1. The monoisotopic (exact) mass is 290 g/mol. The van der Waals surface area contributed by atoms with Crippen LogP contribution in [-0.4, -0.2) is 25.3 Å². The van der Waals surface area contributed by atoms with Crippen LogP contribution in [0.15, 0.2) is 40.9 Å². The SMILES string of the molecule is COCc1cc(CNC(C(=O)OC)c2ccccc2)no1. The van der Waals surface area contributed by atoms with E-state index in [1.807, 2.05) is 30.3 Å². The lowest BCUT2D eigenvalue weighted by Crippen LogP contribution is -2.29. The first-order valence-corrected chi connectivity index (χ1v) is 6.54. The van der Waals surface area contributed by atoms with Gasteiger partial charge in [0.1, 0.15) is 12.6 Å². The first-order valence-electron chi connectivity index (χ1n) is 6.54. The van der Waals surface area contributed by atoms with E-state index in [9.17, 15) is 4.79 Å². The maximum atomic E-state index is 11.9. The van der Waals surface area contributed by atoms with Crippen LogP contribution in [0.25, 0.3) is 0 Å². The lowest BCUT2D eigenvalue weighted by molar-refractivity contribution is -0.143. The number of nitrogens with one attached hydrogen (secondary N) is 1. The van der Waals surface area contributed by atoms with Crippen molar-refractivity contribution < 1.29 is 18.8 Å². The average Bonchev–Trinajstić information content (AvgIpc) is 2.96. The number of aromatic nitrogens is 1. The van der Waals surface area contributed by atoms with Gasteiger partial charge in [-0.05, 0) is 5.56 Å². The van der Waals surface area contributed by atoms with Gasteiger partial charge in [-0.15, -0.1) is 0 Å². The van der Waals surface area contributed by atoms with E-state index >= 15 is 0 Å². The summed E-state index contributed by atoms with van der Waals surface area (Å²) in [4.78, 5) is 11.9. The fourth-order valence-electron chi connectivity index (χ4n) is 1.96. The predicted octanol–water partition coefficient (Wildman–Crippen LogP) is 1.82. The van der Waals surface area contributed by atoms with E-state index in [4.69, 9.17) is 14.0 Å². The van der Waals surface area contributed by atoms with Crippen LogP contribution in [0.4, 0.5) is 0 Å². The van der Waals surface area contributed by atoms with E-state index in [2.05, 4.69) is 10.5 Å².